The van der Waals surface area contributed by atoms with Crippen molar-refractivity contribution in [3.63, 3.8) is 0 Å². The molecule has 0 radical (unpaired) electrons. The molecule has 0 amide bonds. The Hall–Kier alpha value is -1.71. The van der Waals surface area contributed by atoms with E-state index in [0.717, 1.165) is 29.5 Å². The molecule has 0 unspecified atom stereocenters. The number of fused-ring (bicyclic) bond motifs is 4. The highest BCUT2D eigenvalue weighted by molar-refractivity contribution is 5.96. The van der Waals surface area contributed by atoms with Gasteiger partial charge in [0, 0.05) is 11.3 Å². The van der Waals surface area contributed by atoms with Crippen LogP contribution in [0, 0.1) is 17.0 Å². The third kappa shape index (κ3) is 1.35. The van der Waals surface area contributed by atoms with E-state index in [1.165, 1.54) is 0 Å². The molecule has 1 aromatic rings. The summed E-state index contributed by atoms with van der Waals surface area (Å²) in [5.41, 5.74) is 1.78. The van der Waals surface area contributed by atoms with Crippen molar-refractivity contribution < 1.29 is 9.72 Å². The summed E-state index contributed by atoms with van der Waals surface area (Å²) >= 11 is 0. The number of Topliss-reactive ketones (excluding diaryl/α,β-unsaturated/α-hetero) is 1. The largest absolute Gasteiger partial charge is 0.291 e. The van der Waals surface area contributed by atoms with E-state index in [1.54, 1.807) is 0 Å². The van der Waals surface area contributed by atoms with E-state index in [2.05, 4.69) is 0 Å². The fourth-order valence-electron chi connectivity index (χ4n) is 3.41. The number of carbonyl (C=O) groups excluding carboxylic acids is 1. The second-order valence-electron chi connectivity index (χ2n) is 5.48. The Morgan fingerprint density at radius 2 is 2.22 bits per heavy atom. The van der Waals surface area contributed by atoms with Crippen LogP contribution in [0.5, 0.6) is 0 Å². The van der Waals surface area contributed by atoms with E-state index < -0.39 is 5.54 Å². The molecular formula is C14H15NO3. The van der Waals surface area contributed by atoms with E-state index in [0.29, 0.717) is 6.42 Å². The van der Waals surface area contributed by atoms with Gasteiger partial charge in [0.1, 0.15) is 0 Å². The standard InChI is InChI=1S/C14H15NO3/c1-9-4-5-10-8-14(15(17)18)6-2-3-11(13(14)16)12(10)7-9/h4-5,7,11H,2-3,6,8H2,1H3/t11-,14-/m0/s1. The number of ketones is 1. The molecule has 3 rings (SSSR count). The monoisotopic (exact) mass is 245 g/mol. The molecule has 0 aliphatic heterocycles. The molecular weight excluding hydrogens is 230 g/mol. The third-order valence-corrected chi connectivity index (χ3v) is 4.37. The number of nitro groups is 1. The first kappa shape index (κ1) is 11.4. The summed E-state index contributed by atoms with van der Waals surface area (Å²) in [5, 5.41) is 11.4. The molecule has 0 spiro atoms. The minimum Gasteiger partial charge on any atom is -0.291 e. The summed E-state index contributed by atoms with van der Waals surface area (Å²) < 4.78 is 0. The van der Waals surface area contributed by atoms with Crippen LogP contribution in [0.3, 0.4) is 0 Å². The lowest BCUT2D eigenvalue weighted by Gasteiger charge is -2.38. The lowest BCUT2D eigenvalue weighted by atomic mass is 9.64. The van der Waals surface area contributed by atoms with Crippen molar-refractivity contribution in [3.05, 3.63) is 45.0 Å². The predicted molar refractivity (Wildman–Crippen MR) is 66.2 cm³/mol. The van der Waals surface area contributed by atoms with E-state index in [4.69, 9.17) is 0 Å². The summed E-state index contributed by atoms with van der Waals surface area (Å²) in [7, 11) is 0. The molecule has 1 fully saturated rings. The highest BCUT2D eigenvalue weighted by Crippen LogP contribution is 2.45. The summed E-state index contributed by atoms with van der Waals surface area (Å²) in [4.78, 5) is 23.4. The molecule has 4 heteroatoms. The normalized spacial score (nSPS) is 29.8. The van der Waals surface area contributed by atoms with Gasteiger partial charge in [0.05, 0.1) is 12.3 Å². The quantitative estimate of drug-likeness (QED) is 0.564. The smallest absolute Gasteiger partial charge is 0.283 e. The first-order chi connectivity index (χ1) is 8.54. The van der Waals surface area contributed by atoms with Crippen molar-refractivity contribution in [2.75, 3.05) is 0 Å². The van der Waals surface area contributed by atoms with Crippen LogP contribution in [0.15, 0.2) is 18.2 Å². The maximum absolute atomic E-state index is 12.4. The van der Waals surface area contributed by atoms with Crippen LogP contribution < -0.4 is 0 Å². The molecule has 0 saturated heterocycles. The average Bonchev–Trinajstić information content (AvgIpc) is 2.31. The summed E-state index contributed by atoms with van der Waals surface area (Å²) in [6.07, 6.45) is 2.18. The lowest BCUT2D eigenvalue weighted by Crippen LogP contribution is -2.55. The maximum Gasteiger partial charge on any atom is 0.283 e. The maximum atomic E-state index is 12.4. The second kappa shape index (κ2) is 3.64. The van der Waals surface area contributed by atoms with Gasteiger partial charge in [-0.05, 0) is 30.9 Å². The molecule has 18 heavy (non-hydrogen) atoms. The number of aryl methyl sites for hydroxylation is 1. The van der Waals surface area contributed by atoms with Gasteiger partial charge < -0.3 is 0 Å². The van der Waals surface area contributed by atoms with Gasteiger partial charge >= 0.3 is 0 Å². The summed E-state index contributed by atoms with van der Waals surface area (Å²) in [6, 6.07) is 5.94. The van der Waals surface area contributed by atoms with Gasteiger partial charge in [-0.3, -0.25) is 14.9 Å². The second-order valence-corrected chi connectivity index (χ2v) is 5.48. The third-order valence-electron chi connectivity index (χ3n) is 4.37. The Balaban J connectivity index is 2.18. The molecule has 94 valence electrons. The lowest BCUT2D eigenvalue weighted by molar-refractivity contribution is -0.555. The molecule has 0 N–H and O–H groups in total. The highest BCUT2D eigenvalue weighted by Gasteiger charge is 2.58. The van der Waals surface area contributed by atoms with Crippen molar-refractivity contribution in [2.24, 2.45) is 0 Å². The average molecular weight is 245 g/mol. The number of rotatable bonds is 1. The van der Waals surface area contributed by atoms with Crippen molar-refractivity contribution in [2.45, 2.75) is 44.1 Å². The molecule has 2 aliphatic rings. The van der Waals surface area contributed by atoms with E-state index in [9.17, 15) is 14.9 Å². The Kier molecular flexibility index (Phi) is 2.30. The number of nitrogens with zero attached hydrogens (tertiary/aromatic N) is 1. The zero-order valence-corrected chi connectivity index (χ0v) is 10.3. The first-order valence-electron chi connectivity index (χ1n) is 6.33. The van der Waals surface area contributed by atoms with E-state index in [1.807, 2.05) is 25.1 Å². The van der Waals surface area contributed by atoms with Crippen LogP contribution >= 0.6 is 0 Å². The van der Waals surface area contributed by atoms with Crippen LogP contribution in [0.25, 0.3) is 0 Å². The van der Waals surface area contributed by atoms with Gasteiger partial charge in [-0.15, -0.1) is 0 Å². The van der Waals surface area contributed by atoms with Crippen molar-refractivity contribution in [1.82, 2.24) is 0 Å². The summed E-state index contributed by atoms with van der Waals surface area (Å²) in [6.45, 7) is 1.99. The number of hydrogen-bond donors (Lipinski definition) is 0. The van der Waals surface area contributed by atoms with Gasteiger partial charge in [0.15, 0.2) is 0 Å². The van der Waals surface area contributed by atoms with Crippen LogP contribution in [-0.2, 0) is 11.2 Å². The van der Waals surface area contributed by atoms with Crippen LogP contribution in [0.1, 0.15) is 41.9 Å². The van der Waals surface area contributed by atoms with Crippen molar-refractivity contribution in [1.29, 1.82) is 0 Å². The first-order valence-corrected chi connectivity index (χ1v) is 6.33. The Bertz CT molecular complexity index is 552. The molecule has 0 heterocycles. The predicted octanol–water partition coefficient (Wildman–Crippen LogP) is 2.40. The minimum atomic E-state index is -1.34. The minimum absolute atomic E-state index is 0.170. The van der Waals surface area contributed by atoms with Gasteiger partial charge in [0.25, 0.3) is 5.54 Å². The van der Waals surface area contributed by atoms with E-state index in [-0.39, 0.29) is 23.0 Å². The Morgan fingerprint density at radius 1 is 1.44 bits per heavy atom. The number of benzene rings is 1. The molecule has 1 aromatic carbocycles. The van der Waals surface area contributed by atoms with Crippen LogP contribution in [0.2, 0.25) is 0 Å². The van der Waals surface area contributed by atoms with Crippen LogP contribution in [-0.4, -0.2) is 16.2 Å². The van der Waals surface area contributed by atoms with Gasteiger partial charge in [-0.2, -0.15) is 0 Å². The van der Waals surface area contributed by atoms with Gasteiger partial charge in [-0.1, -0.05) is 23.8 Å². The van der Waals surface area contributed by atoms with E-state index >= 15 is 0 Å². The van der Waals surface area contributed by atoms with Gasteiger partial charge in [-0.25, -0.2) is 0 Å². The molecule has 2 bridgehead atoms. The highest BCUT2D eigenvalue weighted by atomic mass is 16.6. The molecule has 0 aromatic heterocycles. The van der Waals surface area contributed by atoms with Crippen molar-refractivity contribution in [3.8, 4) is 0 Å². The topological polar surface area (TPSA) is 60.2 Å². The van der Waals surface area contributed by atoms with Crippen LogP contribution in [0.4, 0.5) is 0 Å². The number of carbonyl (C=O) groups is 1. The summed E-state index contributed by atoms with van der Waals surface area (Å²) in [5.74, 6) is -0.426. The molecule has 2 atom stereocenters. The fraction of sp³-hybridized carbons (Fsp3) is 0.500. The number of hydrogen-bond acceptors (Lipinski definition) is 3. The zero-order valence-electron chi connectivity index (χ0n) is 10.3. The Labute approximate surface area is 105 Å². The molecule has 4 nitrogen and oxygen atoms in total. The molecule has 2 aliphatic carbocycles. The Morgan fingerprint density at radius 3 is 2.94 bits per heavy atom. The molecule has 1 saturated carbocycles. The zero-order chi connectivity index (χ0) is 12.9. The fourth-order valence-corrected chi connectivity index (χ4v) is 3.41. The van der Waals surface area contributed by atoms with Crippen molar-refractivity contribution >= 4 is 5.78 Å². The van der Waals surface area contributed by atoms with Gasteiger partial charge in [0.2, 0.25) is 5.78 Å². The SMILES string of the molecule is Cc1ccc2c(c1)[C@@H]1CCC[C@]([N+](=O)[O-])(C2)C1=O.